The molecule has 0 aliphatic heterocycles. The number of ether oxygens (including phenoxy) is 1. The molecule has 1 aliphatic carbocycles. The van der Waals surface area contributed by atoms with Crippen LogP contribution in [0.2, 0.25) is 0 Å². The van der Waals surface area contributed by atoms with Crippen LogP contribution in [0.1, 0.15) is 52.9 Å². The van der Waals surface area contributed by atoms with Gasteiger partial charge in [0.05, 0.1) is 6.10 Å². The highest BCUT2D eigenvalue weighted by Crippen LogP contribution is 2.30. The van der Waals surface area contributed by atoms with Crippen LogP contribution in [0.15, 0.2) is 0 Å². The summed E-state index contributed by atoms with van der Waals surface area (Å²) in [6.07, 6.45) is 7.48. The first-order valence-electron chi connectivity index (χ1n) is 7.08. The molecule has 3 unspecified atom stereocenters. The molecule has 96 valence electrons. The Bertz CT molecular complexity index is 172. The Labute approximate surface area is 101 Å². The van der Waals surface area contributed by atoms with Gasteiger partial charge in [0.25, 0.3) is 0 Å². The lowest BCUT2D eigenvalue weighted by Gasteiger charge is -2.29. The monoisotopic (exact) mass is 227 g/mol. The molecule has 0 saturated heterocycles. The van der Waals surface area contributed by atoms with Gasteiger partial charge in [-0.25, -0.2) is 0 Å². The molecule has 1 saturated carbocycles. The molecule has 0 radical (unpaired) electrons. The van der Waals surface area contributed by atoms with E-state index in [1.54, 1.807) is 0 Å². The summed E-state index contributed by atoms with van der Waals surface area (Å²) in [7, 11) is 0. The highest BCUT2D eigenvalue weighted by Gasteiger charge is 2.20. The van der Waals surface area contributed by atoms with Crippen molar-refractivity contribution in [3.8, 4) is 0 Å². The second-order valence-electron chi connectivity index (χ2n) is 5.23. The fraction of sp³-hybridized carbons (Fsp3) is 1.00. The molecule has 0 heterocycles. The third kappa shape index (κ3) is 5.31. The van der Waals surface area contributed by atoms with E-state index < -0.39 is 0 Å². The molecular weight excluding hydrogens is 198 g/mol. The maximum absolute atomic E-state index is 5.51. The molecule has 1 N–H and O–H groups in total. The van der Waals surface area contributed by atoms with E-state index >= 15 is 0 Å². The van der Waals surface area contributed by atoms with Crippen LogP contribution in [-0.2, 0) is 4.74 Å². The molecular formula is C14H29NO. The van der Waals surface area contributed by atoms with E-state index in [1.807, 2.05) is 0 Å². The first kappa shape index (κ1) is 14.0. The number of hydrogen-bond acceptors (Lipinski definition) is 2. The third-order valence-electron chi connectivity index (χ3n) is 3.78. The average Bonchev–Trinajstić information content (AvgIpc) is 2.30. The van der Waals surface area contributed by atoms with Gasteiger partial charge >= 0.3 is 0 Å². The highest BCUT2D eigenvalue weighted by atomic mass is 16.5. The standard InChI is InChI=1S/C14H29NO/c1-4-13-7-6-8-14(9-13)11-15-10-12(3)16-5-2/h12-15H,4-11H2,1-3H3. The van der Waals surface area contributed by atoms with Gasteiger partial charge in [0, 0.05) is 13.2 Å². The van der Waals surface area contributed by atoms with Crippen LogP contribution < -0.4 is 5.32 Å². The van der Waals surface area contributed by atoms with E-state index in [2.05, 4.69) is 26.1 Å². The molecule has 1 aliphatic rings. The maximum atomic E-state index is 5.51. The van der Waals surface area contributed by atoms with Crippen LogP contribution in [0.4, 0.5) is 0 Å². The first-order valence-corrected chi connectivity index (χ1v) is 7.08. The third-order valence-corrected chi connectivity index (χ3v) is 3.78. The molecule has 0 aromatic rings. The number of nitrogens with one attached hydrogen (secondary N) is 1. The second kappa shape index (κ2) is 8.08. The van der Waals surface area contributed by atoms with Crippen LogP contribution in [0, 0.1) is 11.8 Å². The van der Waals surface area contributed by atoms with Gasteiger partial charge in [-0.2, -0.15) is 0 Å². The van der Waals surface area contributed by atoms with Crippen molar-refractivity contribution in [3.05, 3.63) is 0 Å². The van der Waals surface area contributed by atoms with Gasteiger partial charge in [0.1, 0.15) is 0 Å². The molecule has 2 heteroatoms. The van der Waals surface area contributed by atoms with Crippen molar-refractivity contribution in [2.75, 3.05) is 19.7 Å². The number of hydrogen-bond donors (Lipinski definition) is 1. The molecule has 1 rings (SSSR count). The SMILES string of the molecule is CCOC(C)CNCC1CCCC(CC)C1. The van der Waals surface area contributed by atoms with Gasteiger partial charge in [-0.1, -0.05) is 26.2 Å². The molecule has 0 aromatic heterocycles. The van der Waals surface area contributed by atoms with Crippen molar-refractivity contribution in [1.82, 2.24) is 5.32 Å². The zero-order chi connectivity index (χ0) is 11.8. The molecule has 1 fully saturated rings. The minimum Gasteiger partial charge on any atom is -0.377 e. The Morgan fingerprint density at radius 3 is 2.69 bits per heavy atom. The lowest BCUT2D eigenvalue weighted by Crippen LogP contribution is -2.32. The van der Waals surface area contributed by atoms with Crippen molar-refractivity contribution >= 4 is 0 Å². The summed E-state index contributed by atoms with van der Waals surface area (Å²) in [6, 6.07) is 0. The Hall–Kier alpha value is -0.0800. The zero-order valence-corrected chi connectivity index (χ0v) is 11.3. The average molecular weight is 227 g/mol. The lowest BCUT2D eigenvalue weighted by molar-refractivity contribution is 0.0746. The first-order chi connectivity index (χ1) is 7.76. The predicted molar refractivity (Wildman–Crippen MR) is 69.7 cm³/mol. The molecule has 16 heavy (non-hydrogen) atoms. The fourth-order valence-electron chi connectivity index (χ4n) is 2.79. The van der Waals surface area contributed by atoms with Crippen LogP contribution in [0.3, 0.4) is 0 Å². The normalized spacial score (nSPS) is 27.9. The largest absolute Gasteiger partial charge is 0.377 e. The Morgan fingerprint density at radius 1 is 1.25 bits per heavy atom. The summed E-state index contributed by atoms with van der Waals surface area (Å²) in [5.41, 5.74) is 0. The van der Waals surface area contributed by atoms with Crippen molar-refractivity contribution in [3.63, 3.8) is 0 Å². The Balaban J connectivity index is 2.08. The predicted octanol–water partition coefficient (Wildman–Crippen LogP) is 3.22. The molecule has 0 spiro atoms. The van der Waals surface area contributed by atoms with Gasteiger partial charge < -0.3 is 10.1 Å². The second-order valence-corrected chi connectivity index (χ2v) is 5.23. The zero-order valence-electron chi connectivity index (χ0n) is 11.3. The summed E-state index contributed by atoms with van der Waals surface area (Å²) in [5, 5.41) is 3.56. The smallest absolute Gasteiger partial charge is 0.0671 e. The van der Waals surface area contributed by atoms with Gasteiger partial charge in [0.15, 0.2) is 0 Å². The van der Waals surface area contributed by atoms with E-state index in [1.165, 1.54) is 38.6 Å². The van der Waals surface area contributed by atoms with Crippen molar-refractivity contribution < 1.29 is 4.74 Å². The van der Waals surface area contributed by atoms with Crippen LogP contribution in [0.25, 0.3) is 0 Å². The lowest BCUT2D eigenvalue weighted by atomic mass is 9.80. The highest BCUT2D eigenvalue weighted by molar-refractivity contribution is 4.74. The summed E-state index contributed by atoms with van der Waals surface area (Å²) < 4.78 is 5.51. The van der Waals surface area contributed by atoms with E-state index in [0.717, 1.165) is 25.0 Å². The summed E-state index contributed by atoms with van der Waals surface area (Å²) >= 11 is 0. The molecule has 3 atom stereocenters. The molecule has 0 bridgehead atoms. The van der Waals surface area contributed by atoms with Gasteiger partial charge in [0.2, 0.25) is 0 Å². The minimum absolute atomic E-state index is 0.357. The summed E-state index contributed by atoms with van der Waals surface area (Å²) in [4.78, 5) is 0. The minimum atomic E-state index is 0.357. The van der Waals surface area contributed by atoms with E-state index in [0.29, 0.717) is 6.10 Å². The van der Waals surface area contributed by atoms with E-state index in [4.69, 9.17) is 4.74 Å². The quantitative estimate of drug-likeness (QED) is 0.721. The van der Waals surface area contributed by atoms with E-state index in [-0.39, 0.29) is 0 Å². The van der Waals surface area contributed by atoms with Crippen molar-refractivity contribution in [2.24, 2.45) is 11.8 Å². The van der Waals surface area contributed by atoms with E-state index in [9.17, 15) is 0 Å². The molecule has 2 nitrogen and oxygen atoms in total. The van der Waals surface area contributed by atoms with Crippen LogP contribution in [0.5, 0.6) is 0 Å². The van der Waals surface area contributed by atoms with Gasteiger partial charge in [-0.15, -0.1) is 0 Å². The summed E-state index contributed by atoms with van der Waals surface area (Å²) in [6.45, 7) is 9.55. The fourth-order valence-corrected chi connectivity index (χ4v) is 2.79. The Kier molecular flexibility index (Phi) is 7.06. The summed E-state index contributed by atoms with van der Waals surface area (Å²) in [5.74, 6) is 1.90. The molecule has 0 aromatic carbocycles. The van der Waals surface area contributed by atoms with Crippen molar-refractivity contribution in [1.29, 1.82) is 0 Å². The van der Waals surface area contributed by atoms with Crippen LogP contribution in [-0.4, -0.2) is 25.8 Å². The number of rotatable bonds is 7. The van der Waals surface area contributed by atoms with Gasteiger partial charge in [-0.05, 0) is 45.1 Å². The molecule has 0 amide bonds. The topological polar surface area (TPSA) is 21.3 Å². The van der Waals surface area contributed by atoms with Crippen molar-refractivity contribution in [2.45, 2.75) is 59.0 Å². The van der Waals surface area contributed by atoms with Gasteiger partial charge in [-0.3, -0.25) is 0 Å². The van der Waals surface area contributed by atoms with Crippen LogP contribution >= 0.6 is 0 Å². The maximum Gasteiger partial charge on any atom is 0.0671 e. The Morgan fingerprint density at radius 2 is 2.00 bits per heavy atom.